The van der Waals surface area contributed by atoms with Crippen LogP contribution in [0.25, 0.3) is 0 Å². The van der Waals surface area contributed by atoms with Gasteiger partial charge < -0.3 is 10.1 Å². The van der Waals surface area contributed by atoms with E-state index >= 15 is 0 Å². The average Bonchev–Trinajstić information content (AvgIpc) is 2.08. The molecular formula is C8H15NO2. The third kappa shape index (κ3) is 7.06. The third-order valence-corrected chi connectivity index (χ3v) is 1.05. The summed E-state index contributed by atoms with van der Waals surface area (Å²) in [7, 11) is 0. The molecule has 3 nitrogen and oxygen atoms in total. The summed E-state index contributed by atoms with van der Waals surface area (Å²) in [6.45, 7) is 1.24. The number of allylic oxidation sites excluding steroid dienone is 1. The molecule has 64 valence electrons. The lowest BCUT2D eigenvalue weighted by Gasteiger charge is -2.01. The van der Waals surface area contributed by atoms with Crippen molar-refractivity contribution in [2.24, 2.45) is 0 Å². The molecule has 0 rings (SSSR count). The highest BCUT2D eigenvalue weighted by Crippen LogP contribution is 1.89. The van der Waals surface area contributed by atoms with Gasteiger partial charge in [0.05, 0.1) is 13.2 Å². The first-order chi connectivity index (χ1) is 6.45. The minimum Gasteiger partial charge on any atom is -0.465 e. The van der Waals surface area contributed by atoms with Crippen LogP contribution in [0.15, 0.2) is 12.7 Å². The lowest BCUT2D eigenvalue weighted by Crippen LogP contribution is -2.21. The Bertz CT molecular complexity index is 192. The molecule has 0 radical (unpaired) electrons. The van der Waals surface area contributed by atoms with E-state index < -0.39 is 12.9 Å². The Kier molecular flexibility index (Phi) is 3.82. The molecule has 0 heterocycles. The topological polar surface area (TPSA) is 38.3 Å². The molecule has 0 spiro atoms. The quantitative estimate of drug-likeness (QED) is 0.353. The highest BCUT2D eigenvalue weighted by atomic mass is 16.5. The lowest BCUT2D eigenvalue weighted by molar-refractivity contribution is -0.142. The first kappa shape index (κ1) is 5.77. The monoisotopic (exact) mass is 160 g/mol. The molecule has 0 aliphatic rings. The van der Waals surface area contributed by atoms with Gasteiger partial charge in [-0.2, -0.15) is 0 Å². The van der Waals surface area contributed by atoms with Crippen LogP contribution in [-0.2, 0) is 9.53 Å². The second kappa shape index (κ2) is 7.28. The van der Waals surface area contributed by atoms with Gasteiger partial charge in [-0.1, -0.05) is 6.08 Å². The van der Waals surface area contributed by atoms with Crippen LogP contribution in [0.2, 0.25) is 0 Å². The van der Waals surface area contributed by atoms with Gasteiger partial charge in [-0.05, 0) is 19.8 Å². The van der Waals surface area contributed by atoms with Crippen molar-refractivity contribution in [2.45, 2.75) is 12.8 Å². The number of ether oxygens (including phenoxy) is 1. The first-order valence-corrected chi connectivity index (χ1v) is 3.47. The summed E-state index contributed by atoms with van der Waals surface area (Å²) in [6.07, 6.45) is 3.22. The van der Waals surface area contributed by atoms with Gasteiger partial charge in [0.1, 0.15) is 0 Å². The van der Waals surface area contributed by atoms with Crippen molar-refractivity contribution >= 4 is 5.97 Å². The number of carbonyl (C=O) groups is 1. The van der Waals surface area contributed by atoms with Crippen molar-refractivity contribution < 1.29 is 13.6 Å². The molecule has 3 heteroatoms. The maximum Gasteiger partial charge on any atom is 0.319 e. The van der Waals surface area contributed by atoms with E-state index in [4.69, 9.17) is 8.85 Å². The molecule has 0 aromatic carbocycles. The molecular weight excluding hydrogens is 142 g/mol. The molecule has 0 saturated carbocycles. The number of hydrogen-bond donors (Lipinski definition) is 1. The molecule has 0 aromatic heterocycles. The van der Waals surface area contributed by atoms with Crippen LogP contribution < -0.4 is 5.32 Å². The zero-order valence-electron chi connectivity index (χ0n) is 9.43. The van der Waals surface area contributed by atoms with Crippen LogP contribution in [0.4, 0.5) is 0 Å². The molecule has 0 aliphatic carbocycles. The predicted octanol–water partition coefficient (Wildman–Crippen LogP) is 0.715. The average molecular weight is 160 g/mol. The minimum absolute atomic E-state index is 0.287. The van der Waals surface area contributed by atoms with Gasteiger partial charge in [-0.25, -0.2) is 0 Å². The van der Waals surface area contributed by atoms with E-state index in [1.54, 1.807) is 6.08 Å². The van der Waals surface area contributed by atoms with E-state index in [-0.39, 0.29) is 6.54 Å². The number of hydrogen-bond acceptors (Lipinski definition) is 3. The number of rotatable bonds is 6. The smallest absolute Gasteiger partial charge is 0.319 e. The zero-order chi connectivity index (χ0) is 11.0. The minimum atomic E-state index is -2.29. The van der Waals surface area contributed by atoms with E-state index in [1.807, 2.05) is 0 Å². The Balaban J connectivity index is 3.42. The largest absolute Gasteiger partial charge is 0.465 e. The molecule has 1 N–H and O–H groups in total. The molecule has 0 saturated heterocycles. The summed E-state index contributed by atoms with van der Waals surface area (Å²) in [5.74, 6) is -0.551. The number of nitrogens with one attached hydrogen (secondary N) is 1. The maximum atomic E-state index is 10.9. The highest BCUT2D eigenvalue weighted by Gasteiger charge is 1.97. The first-order valence-electron chi connectivity index (χ1n) is 4.97. The predicted molar refractivity (Wildman–Crippen MR) is 44.3 cm³/mol. The molecule has 0 aromatic rings. The fourth-order valence-corrected chi connectivity index (χ4v) is 0.537. The van der Waals surface area contributed by atoms with Crippen LogP contribution in [0.5, 0.6) is 0 Å². The molecule has 0 fully saturated rings. The van der Waals surface area contributed by atoms with Crippen molar-refractivity contribution in [3.63, 3.8) is 0 Å². The van der Waals surface area contributed by atoms with Gasteiger partial charge in [0.15, 0.2) is 0 Å². The Hall–Kier alpha value is -0.830. The molecule has 0 amide bonds. The molecule has 11 heavy (non-hydrogen) atoms. The van der Waals surface area contributed by atoms with E-state index in [1.165, 1.54) is 0 Å². The Labute approximate surface area is 71.6 Å². The fourth-order valence-electron chi connectivity index (χ4n) is 0.537. The van der Waals surface area contributed by atoms with E-state index in [9.17, 15) is 4.79 Å². The Morgan fingerprint density at radius 3 is 3.36 bits per heavy atom. The number of unbranched alkanes of at least 4 members (excludes halogenated alkanes) is 1. The van der Waals surface area contributed by atoms with Crippen LogP contribution in [0.3, 0.4) is 0 Å². The van der Waals surface area contributed by atoms with Gasteiger partial charge in [0.25, 0.3) is 0 Å². The van der Waals surface area contributed by atoms with Gasteiger partial charge in [0, 0.05) is 4.11 Å². The normalized spacial score (nSPS) is 14.4. The van der Waals surface area contributed by atoms with Gasteiger partial charge >= 0.3 is 5.97 Å². The maximum absolute atomic E-state index is 10.9. The number of esters is 1. The van der Waals surface area contributed by atoms with Crippen molar-refractivity contribution in [1.29, 1.82) is 0 Å². The Morgan fingerprint density at radius 1 is 1.91 bits per heavy atom. The van der Waals surface area contributed by atoms with Gasteiger partial charge in [-0.15, -0.1) is 6.58 Å². The second-order valence-electron chi connectivity index (χ2n) is 2.00. The third-order valence-electron chi connectivity index (χ3n) is 1.05. The summed E-state index contributed by atoms with van der Waals surface area (Å²) < 4.78 is 25.0. The summed E-state index contributed by atoms with van der Waals surface area (Å²) in [6, 6.07) is 0. The highest BCUT2D eigenvalue weighted by molar-refractivity contribution is 5.71. The molecule has 0 unspecified atom stereocenters. The summed E-state index contributed by atoms with van der Waals surface area (Å²) in [5, 5.41) is 2.07. The molecule has 0 atom stereocenters. The van der Waals surface area contributed by atoms with Crippen LogP contribution in [-0.4, -0.2) is 26.1 Å². The van der Waals surface area contributed by atoms with Crippen LogP contribution in [0, 0.1) is 0 Å². The van der Waals surface area contributed by atoms with Crippen LogP contribution >= 0.6 is 0 Å². The van der Waals surface area contributed by atoms with E-state index in [0.717, 1.165) is 6.42 Å². The summed E-state index contributed by atoms with van der Waals surface area (Å²) in [5.41, 5.74) is 0. The van der Waals surface area contributed by atoms with Crippen LogP contribution in [0.1, 0.15) is 17.0 Å². The van der Waals surface area contributed by atoms with E-state index in [2.05, 4.69) is 11.9 Å². The zero-order valence-corrected chi connectivity index (χ0v) is 6.43. The van der Waals surface area contributed by atoms with Crippen molar-refractivity contribution in [3.8, 4) is 0 Å². The summed E-state index contributed by atoms with van der Waals surface area (Å²) >= 11 is 0. The molecule has 0 bridgehead atoms. The fraction of sp³-hybridized carbons (Fsp3) is 0.625. The summed E-state index contributed by atoms with van der Waals surface area (Å²) in [4.78, 5) is 10.9. The lowest BCUT2D eigenvalue weighted by atomic mass is 10.3. The SMILES string of the molecule is [2H]C([2H])([2H])NCC(=O)OCCCC=C. The van der Waals surface area contributed by atoms with Crippen molar-refractivity contribution in [2.75, 3.05) is 20.1 Å². The van der Waals surface area contributed by atoms with Gasteiger partial charge in [0.2, 0.25) is 0 Å². The molecule has 0 aliphatic heterocycles. The van der Waals surface area contributed by atoms with E-state index in [0.29, 0.717) is 13.0 Å². The van der Waals surface area contributed by atoms with Crippen molar-refractivity contribution in [3.05, 3.63) is 12.7 Å². The number of carbonyl (C=O) groups excluding carboxylic acids is 1. The standard InChI is InChI=1S/C8H15NO2/c1-3-4-5-6-11-8(10)7-9-2/h3,9H,1,4-7H2,2H3/i2D3. The van der Waals surface area contributed by atoms with Crippen molar-refractivity contribution in [1.82, 2.24) is 5.32 Å². The second-order valence-corrected chi connectivity index (χ2v) is 2.00. The van der Waals surface area contributed by atoms with Gasteiger partial charge in [-0.3, -0.25) is 4.79 Å². The Morgan fingerprint density at radius 2 is 2.73 bits per heavy atom. The number of likely N-dealkylation sites (N-methyl/N-ethyl adjacent to an activating group) is 1.